The van der Waals surface area contributed by atoms with E-state index in [2.05, 4.69) is 12.2 Å². The number of nitro groups is 1. The first-order chi connectivity index (χ1) is 8.67. The topological polar surface area (TPSA) is 64.4 Å². The Morgan fingerprint density at radius 1 is 1.28 bits per heavy atom. The number of non-ortho nitro benzene ring substituents is 1. The highest BCUT2D eigenvalue weighted by Gasteiger charge is 2.10. The molecular formula is C13H20N2O3. The van der Waals surface area contributed by atoms with Gasteiger partial charge < -0.3 is 10.1 Å². The summed E-state index contributed by atoms with van der Waals surface area (Å²) in [5.74, 6) is 0.532. The first kappa shape index (κ1) is 14.3. The van der Waals surface area contributed by atoms with Crippen LogP contribution in [0.1, 0.15) is 33.1 Å². The molecule has 0 aliphatic rings. The summed E-state index contributed by atoms with van der Waals surface area (Å²) >= 11 is 0. The van der Waals surface area contributed by atoms with Crippen molar-refractivity contribution in [2.24, 2.45) is 0 Å². The Morgan fingerprint density at radius 3 is 2.67 bits per heavy atom. The van der Waals surface area contributed by atoms with Gasteiger partial charge in [-0.2, -0.15) is 0 Å². The molecule has 0 radical (unpaired) electrons. The molecule has 5 nitrogen and oxygen atoms in total. The third kappa shape index (κ3) is 4.61. The largest absolute Gasteiger partial charge is 0.494 e. The summed E-state index contributed by atoms with van der Waals surface area (Å²) in [5, 5.41) is 14.0. The fourth-order valence-corrected chi connectivity index (χ4v) is 1.65. The van der Waals surface area contributed by atoms with Crippen LogP contribution in [-0.2, 0) is 0 Å². The highest BCUT2D eigenvalue weighted by Crippen LogP contribution is 2.26. The van der Waals surface area contributed by atoms with E-state index < -0.39 is 4.92 Å². The summed E-state index contributed by atoms with van der Waals surface area (Å²) < 4.78 is 5.32. The van der Waals surface area contributed by atoms with Crippen LogP contribution in [0.15, 0.2) is 18.2 Å². The number of nitrogens with one attached hydrogen (secondary N) is 1. The molecule has 0 aromatic heterocycles. The summed E-state index contributed by atoms with van der Waals surface area (Å²) in [6.45, 7) is 5.31. The highest BCUT2D eigenvalue weighted by molar-refractivity contribution is 5.56. The maximum Gasteiger partial charge on any atom is 0.275 e. The third-order valence-electron chi connectivity index (χ3n) is 2.52. The minimum Gasteiger partial charge on any atom is -0.494 e. The van der Waals surface area contributed by atoms with Crippen LogP contribution in [0.3, 0.4) is 0 Å². The lowest BCUT2D eigenvalue weighted by atomic mass is 10.2. The predicted molar refractivity (Wildman–Crippen MR) is 72.3 cm³/mol. The van der Waals surface area contributed by atoms with Crippen molar-refractivity contribution in [2.75, 3.05) is 18.5 Å². The smallest absolute Gasteiger partial charge is 0.275 e. The molecule has 0 atom stereocenters. The zero-order valence-electron chi connectivity index (χ0n) is 10.9. The molecule has 18 heavy (non-hydrogen) atoms. The van der Waals surface area contributed by atoms with Crippen molar-refractivity contribution in [3.05, 3.63) is 28.3 Å². The molecule has 1 rings (SSSR count). The number of rotatable bonds is 8. The first-order valence-electron chi connectivity index (χ1n) is 6.33. The van der Waals surface area contributed by atoms with Crippen LogP contribution in [0, 0.1) is 10.1 Å². The molecule has 0 saturated heterocycles. The van der Waals surface area contributed by atoms with Crippen LogP contribution in [0.5, 0.6) is 5.75 Å². The molecule has 0 unspecified atom stereocenters. The lowest BCUT2D eigenvalue weighted by molar-refractivity contribution is -0.384. The van der Waals surface area contributed by atoms with Gasteiger partial charge in [0.1, 0.15) is 5.75 Å². The molecule has 0 fully saturated rings. The van der Waals surface area contributed by atoms with Gasteiger partial charge in [0.15, 0.2) is 0 Å². The van der Waals surface area contributed by atoms with Crippen molar-refractivity contribution in [3.63, 3.8) is 0 Å². The van der Waals surface area contributed by atoms with Crippen LogP contribution < -0.4 is 10.1 Å². The van der Waals surface area contributed by atoms with Gasteiger partial charge in [0.05, 0.1) is 17.6 Å². The number of benzene rings is 1. The predicted octanol–water partition coefficient (Wildman–Crippen LogP) is 3.60. The normalized spacial score (nSPS) is 10.1. The van der Waals surface area contributed by atoms with Gasteiger partial charge in [-0.25, -0.2) is 0 Å². The van der Waals surface area contributed by atoms with Crippen LogP contribution >= 0.6 is 0 Å². The number of nitro benzene ring substituents is 1. The first-order valence-corrected chi connectivity index (χ1v) is 6.33. The molecule has 0 aliphatic heterocycles. The van der Waals surface area contributed by atoms with Gasteiger partial charge in [0.2, 0.25) is 0 Å². The molecule has 5 heteroatoms. The van der Waals surface area contributed by atoms with E-state index in [-0.39, 0.29) is 5.69 Å². The summed E-state index contributed by atoms with van der Waals surface area (Å²) in [4.78, 5) is 10.4. The number of hydrogen-bond acceptors (Lipinski definition) is 4. The lowest BCUT2D eigenvalue weighted by Crippen LogP contribution is -2.03. The zero-order valence-corrected chi connectivity index (χ0v) is 10.9. The van der Waals surface area contributed by atoms with Gasteiger partial charge in [-0.05, 0) is 13.3 Å². The number of anilines is 1. The van der Waals surface area contributed by atoms with E-state index in [9.17, 15) is 10.1 Å². The van der Waals surface area contributed by atoms with E-state index in [0.717, 1.165) is 31.5 Å². The number of ether oxygens (including phenoxy) is 1. The van der Waals surface area contributed by atoms with Gasteiger partial charge in [-0.1, -0.05) is 19.8 Å². The minimum atomic E-state index is -0.403. The van der Waals surface area contributed by atoms with Crippen molar-refractivity contribution in [2.45, 2.75) is 33.1 Å². The van der Waals surface area contributed by atoms with Crippen LogP contribution in [0.25, 0.3) is 0 Å². The van der Waals surface area contributed by atoms with Crippen molar-refractivity contribution >= 4 is 11.4 Å². The Kier molecular flexibility index (Phi) is 5.97. The van der Waals surface area contributed by atoms with E-state index in [0.29, 0.717) is 12.4 Å². The molecule has 1 aromatic rings. The monoisotopic (exact) mass is 252 g/mol. The second-order valence-corrected chi connectivity index (χ2v) is 4.04. The van der Waals surface area contributed by atoms with E-state index >= 15 is 0 Å². The molecule has 0 saturated carbocycles. The standard InChI is InChI=1S/C13H20N2O3/c1-3-5-6-7-14-11-8-12(15(16)17)10-13(9-11)18-4-2/h8-10,14H,3-7H2,1-2H3. The maximum atomic E-state index is 10.8. The Morgan fingerprint density at radius 2 is 2.06 bits per heavy atom. The molecule has 0 heterocycles. The van der Waals surface area contributed by atoms with Crippen molar-refractivity contribution in [3.8, 4) is 5.75 Å². The molecule has 0 aliphatic carbocycles. The Balaban J connectivity index is 2.72. The molecule has 0 amide bonds. The second kappa shape index (κ2) is 7.53. The van der Waals surface area contributed by atoms with E-state index in [1.165, 1.54) is 12.1 Å². The third-order valence-corrected chi connectivity index (χ3v) is 2.52. The van der Waals surface area contributed by atoms with Gasteiger partial charge in [0.25, 0.3) is 5.69 Å². The average Bonchev–Trinajstić information content (AvgIpc) is 2.35. The second-order valence-electron chi connectivity index (χ2n) is 4.04. The van der Waals surface area contributed by atoms with Gasteiger partial charge in [0, 0.05) is 24.4 Å². The van der Waals surface area contributed by atoms with E-state index in [4.69, 9.17) is 4.74 Å². The van der Waals surface area contributed by atoms with E-state index in [1.807, 2.05) is 6.92 Å². The summed E-state index contributed by atoms with van der Waals surface area (Å²) in [6.07, 6.45) is 3.37. The molecule has 1 aromatic carbocycles. The lowest BCUT2D eigenvalue weighted by Gasteiger charge is -2.09. The average molecular weight is 252 g/mol. The summed E-state index contributed by atoms with van der Waals surface area (Å²) in [7, 11) is 0. The number of unbranched alkanes of at least 4 members (excludes halogenated alkanes) is 2. The van der Waals surface area contributed by atoms with Gasteiger partial charge >= 0.3 is 0 Å². The Hall–Kier alpha value is -1.78. The summed E-state index contributed by atoms with van der Waals surface area (Å²) in [5.41, 5.74) is 0.794. The molecule has 100 valence electrons. The summed E-state index contributed by atoms with van der Waals surface area (Å²) in [6, 6.07) is 4.78. The minimum absolute atomic E-state index is 0.0546. The van der Waals surface area contributed by atoms with E-state index in [1.54, 1.807) is 6.07 Å². The van der Waals surface area contributed by atoms with Crippen LogP contribution in [-0.4, -0.2) is 18.1 Å². The molecular weight excluding hydrogens is 232 g/mol. The van der Waals surface area contributed by atoms with Gasteiger partial charge in [-0.15, -0.1) is 0 Å². The van der Waals surface area contributed by atoms with Crippen molar-refractivity contribution in [1.82, 2.24) is 0 Å². The fraction of sp³-hybridized carbons (Fsp3) is 0.538. The Bertz CT molecular complexity index is 394. The molecule has 1 N–H and O–H groups in total. The maximum absolute atomic E-state index is 10.8. The van der Waals surface area contributed by atoms with Crippen LogP contribution in [0.2, 0.25) is 0 Å². The SMILES string of the molecule is CCCCCNc1cc(OCC)cc([N+](=O)[O-])c1. The van der Waals surface area contributed by atoms with Gasteiger partial charge in [-0.3, -0.25) is 10.1 Å². The number of hydrogen-bond donors (Lipinski definition) is 1. The molecule has 0 spiro atoms. The number of nitrogens with zero attached hydrogens (tertiary/aromatic N) is 1. The molecule has 0 bridgehead atoms. The zero-order chi connectivity index (χ0) is 13.4. The fourth-order valence-electron chi connectivity index (χ4n) is 1.65. The highest BCUT2D eigenvalue weighted by atomic mass is 16.6. The quantitative estimate of drug-likeness (QED) is 0.436. The van der Waals surface area contributed by atoms with Crippen molar-refractivity contribution in [1.29, 1.82) is 0 Å². The Labute approximate surface area is 107 Å². The van der Waals surface area contributed by atoms with Crippen molar-refractivity contribution < 1.29 is 9.66 Å². The van der Waals surface area contributed by atoms with Crippen LogP contribution in [0.4, 0.5) is 11.4 Å².